The predicted molar refractivity (Wildman–Crippen MR) is 52.1 cm³/mol. The lowest BCUT2D eigenvalue weighted by molar-refractivity contribution is -0.353. The molecule has 1 saturated heterocycles. The first-order valence-corrected chi connectivity index (χ1v) is 5.01. The van der Waals surface area contributed by atoms with E-state index in [0.717, 1.165) is 0 Å². The molecule has 5 nitrogen and oxygen atoms in total. The van der Waals surface area contributed by atoms with Gasteiger partial charge in [0.25, 0.3) is 0 Å². The van der Waals surface area contributed by atoms with Gasteiger partial charge >= 0.3 is 5.97 Å². The molecule has 5 heteroatoms. The minimum atomic E-state index is -0.929. The predicted octanol–water partition coefficient (Wildman–Crippen LogP) is 1.07. The molecule has 1 heterocycles. The van der Waals surface area contributed by atoms with Gasteiger partial charge in [0.2, 0.25) is 5.60 Å². The lowest BCUT2D eigenvalue weighted by Crippen LogP contribution is -2.34. The zero-order valence-electron chi connectivity index (χ0n) is 9.66. The van der Waals surface area contributed by atoms with Gasteiger partial charge in [-0.2, -0.15) is 0 Å². The topological polar surface area (TPSA) is 57.3 Å². The summed E-state index contributed by atoms with van der Waals surface area (Å²) in [5, 5.41) is 0. The number of carbonyl (C=O) groups is 1. The normalized spacial score (nSPS) is 25.1. The summed E-state index contributed by atoms with van der Waals surface area (Å²) in [6, 6.07) is 0. The number of esters is 1. The van der Waals surface area contributed by atoms with E-state index in [9.17, 15) is 4.79 Å². The number of hydrogen-bond acceptors (Lipinski definition) is 5. The quantitative estimate of drug-likeness (QED) is 0.299. The Morgan fingerprint density at radius 3 is 2.47 bits per heavy atom. The van der Waals surface area contributed by atoms with Gasteiger partial charge in [-0.25, -0.2) is 14.6 Å². The Kier molecular flexibility index (Phi) is 3.70. The summed E-state index contributed by atoms with van der Waals surface area (Å²) in [6.07, 6.45) is 0. The van der Waals surface area contributed by atoms with Gasteiger partial charge in [-0.05, 0) is 27.7 Å². The molecular formula is C10H18O5. The van der Waals surface area contributed by atoms with Crippen LogP contribution in [-0.2, 0) is 24.0 Å². The summed E-state index contributed by atoms with van der Waals surface area (Å²) in [6.45, 7) is 8.07. The molecule has 1 fully saturated rings. The molecular weight excluding hydrogens is 200 g/mol. The van der Waals surface area contributed by atoms with Crippen LogP contribution in [0.15, 0.2) is 0 Å². The van der Waals surface area contributed by atoms with Gasteiger partial charge < -0.3 is 9.47 Å². The third-order valence-electron chi connectivity index (χ3n) is 1.74. The number of epoxide rings is 1. The zero-order valence-corrected chi connectivity index (χ0v) is 9.66. The summed E-state index contributed by atoms with van der Waals surface area (Å²) >= 11 is 0. The van der Waals surface area contributed by atoms with Gasteiger partial charge in [0.05, 0.1) is 18.8 Å². The lowest BCUT2D eigenvalue weighted by atomic mass is 10.2. The van der Waals surface area contributed by atoms with E-state index in [1.807, 2.05) is 20.8 Å². The molecule has 1 unspecified atom stereocenters. The monoisotopic (exact) mass is 218 g/mol. The fourth-order valence-corrected chi connectivity index (χ4v) is 0.911. The smallest absolute Gasteiger partial charge is 0.343 e. The third kappa shape index (κ3) is 3.77. The average Bonchev–Trinajstić information content (AvgIpc) is 2.84. The molecule has 1 aliphatic rings. The van der Waals surface area contributed by atoms with Crippen molar-refractivity contribution in [3.05, 3.63) is 0 Å². The van der Waals surface area contributed by atoms with Crippen molar-refractivity contribution in [2.45, 2.75) is 38.9 Å². The Morgan fingerprint density at radius 1 is 1.47 bits per heavy atom. The van der Waals surface area contributed by atoms with E-state index >= 15 is 0 Å². The van der Waals surface area contributed by atoms with Crippen molar-refractivity contribution in [3.8, 4) is 0 Å². The summed E-state index contributed by atoms with van der Waals surface area (Å²) in [5.74, 6) is -0.387. The molecule has 0 radical (unpaired) electrons. The molecule has 0 spiro atoms. The van der Waals surface area contributed by atoms with Crippen LogP contribution in [0.5, 0.6) is 0 Å². The molecule has 0 aromatic carbocycles. The second-order valence-corrected chi connectivity index (χ2v) is 4.46. The molecule has 0 N–H and O–H groups in total. The minimum absolute atomic E-state index is 0.0725. The number of rotatable bonds is 5. The number of carbonyl (C=O) groups excluding carboxylic acids is 1. The molecule has 0 aromatic heterocycles. The van der Waals surface area contributed by atoms with Crippen molar-refractivity contribution in [2.24, 2.45) is 0 Å². The van der Waals surface area contributed by atoms with Crippen molar-refractivity contribution in [2.75, 3.05) is 19.8 Å². The minimum Gasteiger partial charge on any atom is -0.464 e. The van der Waals surface area contributed by atoms with E-state index in [0.29, 0.717) is 13.2 Å². The maximum absolute atomic E-state index is 11.4. The van der Waals surface area contributed by atoms with E-state index < -0.39 is 11.2 Å². The highest BCUT2D eigenvalue weighted by Crippen LogP contribution is 2.29. The van der Waals surface area contributed by atoms with Crippen molar-refractivity contribution in [1.29, 1.82) is 0 Å². The standard InChI is InChI=1S/C10H18O5/c1-5-12-8(11)10(6-13-10)7-14-15-9(2,3)4/h5-7H2,1-4H3. The van der Waals surface area contributed by atoms with Crippen molar-refractivity contribution in [1.82, 2.24) is 0 Å². The van der Waals surface area contributed by atoms with Crippen LogP contribution < -0.4 is 0 Å². The molecule has 1 aliphatic heterocycles. The highest BCUT2D eigenvalue weighted by molar-refractivity contribution is 5.82. The fraction of sp³-hybridized carbons (Fsp3) is 0.900. The fourth-order valence-electron chi connectivity index (χ4n) is 0.911. The second-order valence-electron chi connectivity index (χ2n) is 4.46. The van der Waals surface area contributed by atoms with Crippen LogP contribution in [0.2, 0.25) is 0 Å². The maximum atomic E-state index is 11.4. The van der Waals surface area contributed by atoms with Crippen LogP contribution in [0.25, 0.3) is 0 Å². The average molecular weight is 218 g/mol. The molecule has 0 saturated carbocycles. The van der Waals surface area contributed by atoms with E-state index in [4.69, 9.17) is 19.2 Å². The van der Waals surface area contributed by atoms with Gasteiger partial charge in [0, 0.05) is 0 Å². The van der Waals surface area contributed by atoms with E-state index in [-0.39, 0.29) is 12.6 Å². The summed E-state index contributed by atoms with van der Waals surface area (Å²) < 4.78 is 9.90. The Balaban J connectivity index is 2.29. The van der Waals surface area contributed by atoms with Crippen molar-refractivity contribution >= 4 is 5.97 Å². The highest BCUT2D eigenvalue weighted by atomic mass is 17.2. The molecule has 1 atom stereocenters. The van der Waals surface area contributed by atoms with Crippen LogP contribution >= 0.6 is 0 Å². The Bertz CT molecular complexity index is 226. The van der Waals surface area contributed by atoms with Crippen LogP contribution in [0, 0.1) is 0 Å². The van der Waals surface area contributed by atoms with Gasteiger partial charge in [0.15, 0.2) is 0 Å². The molecule has 1 rings (SSSR count). The summed E-state index contributed by atoms with van der Waals surface area (Å²) in [4.78, 5) is 21.4. The van der Waals surface area contributed by atoms with Crippen LogP contribution in [0.3, 0.4) is 0 Å². The molecule has 0 bridgehead atoms. The molecule has 0 aliphatic carbocycles. The Morgan fingerprint density at radius 2 is 2.07 bits per heavy atom. The third-order valence-corrected chi connectivity index (χ3v) is 1.74. The molecule has 0 aromatic rings. The van der Waals surface area contributed by atoms with E-state index in [1.54, 1.807) is 6.92 Å². The maximum Gasteiger partial charge on any atom is 0.343 e. The summed E-state index contributed by atoms with van der Waals surface area (Å²) in [5.41, 5.74) is -1.33. The highest BCUT2D eigenvalue weighted by Gasteiger charge is 2.55. The molecule has 0 amide bonds. The van der Waals surface area contributed by atoms with E-state index in [2.05, 4.69) is 0 Å². The van der Waals surface area contributed by atoms with Gasteiger partial charge in [-0.3, -0.25) is 0 Å². The molecule has 88 valence electrons. The van der Waals surface area contributed by atoms with Crippen molar-refractivity contribution in [3.63, 3.8) is 0 Å². The van der Waals surface area contributed by atoms with Gasteiger partial charge in [0.1, 0.15) is 6.61 Å². The lowest BCUT2D eigenvalue weighted by Gasteiger charge is -2.18. The van der Waals surface area contributed by atoms with Crippen LogP contribution in [0.4, 0.5) is 0 Å². The SMILES string of the molecule is CCOC(=O)C1(COOC(C)(C)C)CO1. The van der Waals surface area contributed by atoms with Crippen LogP contribution in [-0.4, -0.2) is 37.0 Å². The summed E-state index contributed by atoms with van der Waals surface area (Å²) in [7, 11) is 0. The number of ether oxygens (including phenoxy) is 2. The first-order chi connectivity index (χ1) is 6.90. The first-order valence-electron chi connectivity index (χ1n) is 5.01. The van der Waals surface area contributed by atoms with E-state index in [1.165, 1.54) is 0 Å². The Labute approximate surface area is 89.6 Å². The van der Waals surface area contributed by atoms with Crippen LogP contribution in [0.1, 0.15) is 27.7 Å². The molecule has 15 heavy (non-hydrogen) atoms. The van der Waals surface area contributed by atoms with Crippen molar-refractivity contribution < 1.29 is 24.0 Å². The second kappa shape index (κ2) is 4.47. The van der Waals surface area contributed by atoms with Gasteiger partial charge in [-0.15, -0.1) is 0 Å². The van der Waals surface area contributed by atoms with Gasteiger partial charge in [-0.1, -0.05) is 0 Å². The zero-order chi connectivity index (χ0) is 11.5. The number of hydrogen-bond donors (Lipinski definition) is 0. The Hall–Kier alpha value is -0.650. The largest absolute Gasteiger partial charge is 0.464 e. The first kappa shape index (κ1) is 12.4.